The predicted octanol–water partition coefficient (Wildman–Crippen LogP) is 5.96. The van der Waals surface area contributed by atoms with Crippen LogP contribution in [0.25, 0.3) is 11.4 Å². The molecule has 0 saturated heterocycles. The van der Waals surface area contributed by atoms with E-state index >= 15 is 0 Å². The number of rotatable bonds is 3. The van der Waals surface area contributed by atoms with Gasteiger partial charge >= 0.3 is 0 Å². The van der Waals surface area contributed by atoms with Crippen LogP contribution in [0.3, 0.4) is 0 Å². The molecule has 1 aromatic heterocycles. The van der Waals surface area contributed by atoms with Crippen molar-refractivity contribution < 1.29 is 4.79 Å². The SMILES string of the molecule is CCCC(=O)N1c2nc(-c3ccc(Cl)cc3)nn2C2(CCCCC2)[C@@H]2CCCC[C@@H]21. The Kier molecular flexibility index (Phi) is 5.34. The molecule has 3 aliphatic rings. The van der Waals surface area contributed by atoms with Gasteiger partial charge in [-0.1, -0.05) is 50.6 Å². The smallest absolute Gasteiger partial charge is 0.231 e. The summed E-state index contributed by atoms with van der Waals surface area (Å²) in [5.74, 6) is 2.18. The molecule has 1 aromatic carbocycles. The molecule has 2 aromatic rings. The Bertz CT molecular complexity index is 916. The van der Waals surface area contributed by atoms with Gasteiger partial charge in [-0.3, -0.25) is 9.69 Å². The first kappa shape index (κ1) is 20.0. The number of amides is 1. The van der Waals surface area contributed by atoms with Gasteiger partial charge < -0.3 is 0 Å². The Morgan fingerprint density at radius 1 is 1.10 bits per heavy atom. The van der Waals surface area contributed by atoms with E-state index in [2.05, 4.69) is 11.6 Å². The van der Waals surface area contributed by atoms with E-state index in [4.69, 9.17) is 21.7 Å². The Hall–Kier alpha value is -1.88. The summed E-state index contributed by atoms with van der Waals surface area (Å²) in [7, 11) is 0. The van der Waals surface area contributed by atoms with E-state index in [1.54, 1.807) is 0 Å². The Morgan fingerprint density at radius 2 is 1.83 bits per heavy atom. The standard InChI is InChI=1S/C24H31ClN4O/c1-2-8-21(30)28-20-10-5-4-9-19(20)24(15-6-3-7-16-24)29-23(28)26-22(27-29)17-11-13-18(25)14-12-17/h11-14,19-20H,2-10,15-16H2,1H3/t19-,20+/m1/s1. The average Bonchev–Trinajstić information content (AvgIpc) is 3.21. The minimum Gasteiger partial charge on any atom is -0.277 e. The number of hydrogen-bond acceptors (Lipinski definition) is 3. The average molecular weight is 427 g/mol. The topological polar surface area (TPSA) is 51.0 Å². The van der Waals surface area contributed by atoms with Gasteiger partial charge in [0.05, 0.1) is 5.54 Å². The van der Waals surface area contributed by atoms with Crippen LogP contribution in [0.5, 0.6) is 0 Å². The maximum atomic E-state index is 13.3. The lowest BCUT2D eigenvalue weighted by atomic mass is 9.64. The molecular weight excluding hydrogens is 396 g/mol. The Balaban J connectivity index is 1.67. The number of carbonyl (C=O) groups is 1. The minimum atomic E-state index is 0.0132. The van der Waals surface area contributed by atoms with Gasteiger partial charge in [0.25, 0.3) is 0 Å². The summed E-state index contributed by atoms with van der Waals surface area (Å²) in [6.45, 7) is 2.08. The van der Waals surface area contributed by atoms with Gasteiger partial charge in [0.15, 0.2) is 5.82 Å². The molecule has 160 valence electrons. The zero-order valence-electron chi connectivity index (χ0n) is 17.8. The highest BCUT2D eigenvalue weighted by Crippen LogP contribution is 2.53. The highest BCUT2D eigenvalue weighted by molar-refractivity contribution is 6.30. The third-order valence-electron chi connectivity index (χ3n) is 7.53. The first-order valence-electron chi connectivity index (χ1n) is 11.7. The number of halogens is 1. The number of hydrogen-bond donors (Lipinski definition) is 0. The normalized spacial score (nSPS) is 25.1. The molecular formula is C24H31ClN4O. The molecule has 2 atom stereocenters. The largest absolute Gasteiger partial charge is 0.277 e. The number of anilines is 1. The number of benzene rings is 1. The third-order valence-corrected chi connectivity index (χ3v) is 7.79. The van der Waals surface area contributed by atoms with E-state index < -0.39 is 0 Å². The molecule has 1 aliphatic heterocycles. The van der Waals surface area contributed by atoms with Crippen LogP contribution in [0.1, 0.15) is 77.6 Å². The quantitative estimate of drug-likeness (QED) is 0.608. The number of nitrogens with zero attached hydrogens (tertiary/aromatic N) is 4. The summed E-state index contributed by atoms with van der Waals surface area (Å²) in [6, 6.07) is 7.98. The molecule has 0 radical (unpaired) electrons. The van der Waals surface area contributed by atoms with Crippen LogP contribution < -0.4 is 4.90 Å². The van der Waals surface area contributed by atoms with Gasteiger partial charge in [-0.2, -0.15) is 4.98 Å². The van der Waals surface area contributed by atoms with Gasteiger partial charge in [0, 0.05) is 29.0 Å². The molecule has 2 saturated carbocycles. The third kappa shape index (κ3) is 3.17. The van der Waals surface area contributed by atoms with E-state index in [9.17, 15) is 4.79 Å². The van der Waals surface area contributed by atoms with Gasteiger partial charge in [0.2, 0.25) is 11.9 Å². The molecule has 2 aliphatic carbocycles. The molecule has 2 fully saturated rings. The zero-order chi connectivity index (χ0) is 20.7. The monoisotopic (exact) mass is 426 g/mol. The van der Waals surface area contributed by atoms with E-state index in [-0.39, 0.29) is 17.5 Å². The van der Waals surface area contributed by atoms with Crippen molar-refractivity contribution in [1.29, 1.82) is 0 Å². The molecule has 6 heteroatoms. The second-order valence-electron chi connectivity index (χ2n) is 9.29. The molecule has 30 heavy (non-hydrogen) atoms. The number of aromatic nitrogens is 3. The van der Waals surface area contributed by atoms with Crippen LogP contribution in [0, 0.1) is 5.92 Å². The fourth-order valence-corrected chi connectivity index (χ4v) is 6.34. The van der Waals surface area contributed by atoms with Crippen molar-refractivity contribution in [3.8, 4) is 11.4 Å². The summed E-state index contributed by atoms with van der Waals surface area (Å²) < 4.78 is 2.19. The maximum Gasteiger partial charge on any atom is 0.231 e. The molecule has 0 N–H and O–H groups in total. The fourth-order valence-electron chi connectivity index (χ4n) is 6.21. The van der Waals surface area contributed by atoms with Gasteiger partial charge in [0.1, 0.15) is 0 Å². The number of fused-ring (bicyclic) bond motifs is 4. The van der Waals surface area contributed by atoms with E-state index in [1.165, 1.54) is 38.5 Å². The minimum absolute atomic E-state index is 0.0132. The van der Waals surface area contributed by atoms with Crippen LogP contribution in [-0.2, 0) is 10.3 Å². The summed E-state index contributed by atoms with van der Waals surface area (Å²) in [5, 5.41) is 5.79. The molecule has 2 heterocycles. The fraction of sp³-hybridized carbons (Fsp3) is 0.625. The molecule has 0 bridgehead atoms. The second-order valence-corrected chi connectivity index (χ2v) is 9.73. The molecule has 1 spiro atoms. The molecule has 5 rings (SSSR count). The van der Waals surface area contributed by atoms with Gasteiger partial charge in [-0.15, -0.1) is 5.10 Å². The molecule has 1 amide bonds. The molecule has 0 unspecified atom stereocenters. The van der Waals surface area contributed by atoms with E-state index in [0.29, 0.717) is 23.2 Å². The highest BCUT2D eigenvalue weighted by atomic mass is 35.5. The highest BCUT2D eigenvalue weighted by Gasteiger charge is 2.54. The van der Waals surface area contributed by atoms with Crippen molar-refractivity contribution in [3.05, 3.63) is 29.3 Å². The molecule has 5 nitrogen and oxygen atoms in total. The van der Waals surface area contributed by atoms with Crippen molar-refractivity contribution >= 4 is 23.5 Å². The van der Waals surface area contributed by atoms with E-state index in [0.717, 1.165) is 37.2 Å². The second kappa shape index (κ2) is 7.99. The van der Waals surface area contributed by atoms with Crippen LogP contribution in [-0.4, -0.2) is 26.7 Å². The lowest BCUT2D eigenvalue weighted by molar-refractivity contribution is -0.121. The van der Waals surface area contributed by atoms with E-state index in [1.807, 2.05) is 29.2 Å². The number of carbonyl (C=O) groups excluding carboxylic acids is 1. The zero-order valence-corrected chi connectivity index (χ0v) is 18.6. The summed E-state index contributed by atoms with van der Waals surface area (Å²) in [4.78, 5) is 20.3. The lowest BCUT2D eigenvalue weighted by Crippen LogP contribution is -2.61. The maximum absolute atomic E-state index is 13.3. The summed E-state index contributed by atoms with van der Waals surface area (Å²) >= 11 is 6.10. The van der Waals surface area contributed by atoms with Crippen molar-refractivity contribution in [2.24, 2.45) is 5.92 Å². The van der Waals surface area contributed by atoms with Crippen LogP contribution >= 0.6 is 11.6 Å². The summed E-state index contributed by atoms with van der Waals surface area (Å²) in [6.07, 6.45) is 12.2. The predicted molar refractivity (Wildman–Crippen MR) is 120 cm³/mol. The van der Waals surface area contributed by atoms with Gasteiger partial charge in [-0.05, 0) is 56.4 Å². The van der Waals surface area contributed by atoms with Crippen LogP contribution in [0.15, 0.2) is 24.3 Å². The van der Waals surface area contributed by atoms with Crippen molar-refractivity contribution in [2.45, 2.75) is 89.1 Å². The van der Waals surface area contributed by atoms with Crippen molar-refractivity contribution in [3.63, 3.8) is 0 Å². The van der Waals surface area contributed by atoms with Crippen molar-refractivity contribution in [1.82, 2.24) is 14.8 Å². The summed E-state index contributed by atoms with van der Waals surface area (Å²) in [5.41, 5.74) is 0.970. The Labute approximate surface area is 183 Å². The first-order valence-corrected chi connectivity index (χ1v) is 12.1. The van der Waals surface area contributed by atoms with Gasteiger partial charge in [-0.25, -0.2) is 4.68 Å². The van der Waals surface area contributed by atoms with Crippen molar-refractivity contribution in [2.75, 3.05) is 4.90 Å². The van der Waals surface area contributed by atoms with Crippen LogP contribution in [0.4, 0.5) is 5.95 Å². The lowest BCUT2D eigenvalue weighted by Gasteiger charge is -2.55. The van der Waals surface area contributed by atoms with Crippen LogP contribution in [0.2, 0.25) is 5.02 Å². The first-order chi connectivity index (χ1) is 14.6. The Morgan fingerprint density at radius 3 is 2.57 bits per heavy atom.